The van der Waals surface area contributed by atoms with E-state index in [9.17, 15) is 9.59 Å². The highest BCUT2D eigenvalue weighted by Gasteiger charge is 2.42. The lowest BCUT2D eigenvalue weighted by Crippen LogP contribution is -2.51. The molecule has 2 saturated heterocycles. The van der Waals surface area contributed by atoms with Crippen molar-refractivity contribution in [1.29, 1.82) is 0 Å². The van der Waals surface area contributed by atoms with Gasteiger partial charge in [-0.05, 0) is 58.6 Å². The van der Waals surface area contributed by atoms with Crippen LogP contribution in [0.4, 0.5) is 10.6 Å². The molecule has 2 aliphatic rings. The Morgan fingerprint density at radius 2 is 1.96 bits per heavy atom. The average Bonchev–Trinajstić information content (AvgIpc) is 2.76. The number of hydrogen-bond donors (Lipinski definition) is 1. The van der Waals surface area contributed by atoms with Crippen molar-refractivity contribution in [3.05, 3.63) is 23.9 Å². The molecule has 0 aliphatic carbocycles. The van der Waals surface area contributed by atoms with Gasteiger partial charge in [-0.3, -0.25) is 4.79 Å². The lowest BCUT2D eigenvalue weighted by molar-refractivity contribution is 0.0492. The molecular formula is C18H25N3O3. The number of fused-ring (bicyclic) bond motifs is 2. The molecule has 0 spiro atoms. The molecule has 1 aromatic heterocycles. The van der Waals surface area contributed by atoms with Crippen LogP contribution >= 0.6 is 0 Å². The number of rotatable bonds is 3. The molecule has 2 aliphatic heterocycles. The summed E-state index contributed by atoms with van der Waals surface area (Å²) in [5.74, 6) is 0.920. The second-order valence-corrected chi connectivity index (χ2v) is 7.67. The number of nitrogens with zero attached hydrogens (tertiary/aromatic N) is 2. The highest BCUT2D eigenvalue weighted by molar-refractivity contribution is 5.74. The van der Waals surface area contributed by atoms with E-state index in [2.05, 4.69) is 15.2 Å². The maximum absolute atomic E-state index is 12.0. The second kappa shape index (κ2) is 6.42. The van der Waals surface area contributed by atoms with Crippen molar-refractivity contribution in [3.63, 3.8) is 0 Å². The van der Waals surface area contributed by atoms with Crippen LogP contribution in [-0.2, 0) is 4.74 Å². The number of pyridine rings is 1. The first-order valence-corrected chi connectivity index (χ1v) is 8.55. The van der Waals surface area contributed by atoms with E-state index >= 15 is 0 Å². The smallest absolute Gasteiger partial charge is 0.407 e. The Kier molecular flexibility index (Phi) is 4.47. The number of carbonyl (C=O) groups is 2. The molecule has 0 radical (unpaired) electrons. The van der Waals surface area contributed by atoms with Crippen LogP contribution in [0.3, 0.4) is 0 Å². The third kappa shape index (κ3) is 3.68. The van der Waals surface area contributed by atoms with Crippen LogP contribution in [0, 0.1) is 0 Å². The van der Waals surface area contributed by atoms with Crippen molar-refractivity contribution >= 4 is 18.2 Å². The normalized spacial score (nSPS) is 26.1. The summed E-state index contributed by atoms with van der Waals surface area (Å²) < 4.78 is 5.36. The number of alkyl carbamates (subject to hydrolysis) is 1. The minimum atomic E-state index is -0.478. The van der Waals surface area contributed by atoms with Crippen molar-refractivity contribution in [2.75, 3.05) is 4.90 Å². The van der Waals surface area contributed by atoms with Gasteiger partial charge in [0.2, 0.25) is 0 Å². The highest BCUT2D eigenvalue weighted by Crippen LogP contribution is 2.38. The van der Waals surface area contributed by atoms with Crippen molar-refractivity contribution in [2.45, 2.75) is 70.2 Å². The first-order chi connectivity index (χ1) is 11.4. The van der Waals surface area contributed by atoms with Crippen LogP contribution in [0.15, 0.2) is 18.3 Å². The van der Waals surface area contributed by atoms with Gasteiger partial charge in [0.15, 0.2) is 6.29 Å². The molecule has 0 saturated carbocycles. The molecule has 2 fully saturated rings. The van der Waals surface area contributed by atoms with Gasteiger partial charge in [0.1, 0.15) is 11.4 Å². The Morgan fingerprint density at radius 1 is 1.29 bits per heavy atom. The summed E-state index contributed by atoms with van der Waals surface area (Å²) >= 11 is 0. The van der Waals surface area contributed by atoms with Crippen LogP contribution in [-0.4, -0.2) is 41.1 Å². The summed E-state index contributed by atoms with van der Waals surface area (Å²) in [4.78, 5) is 29.5. The fourth-order valence-electron chi connectivity index (χ4n) is 3.76. The zero-order valence-electron chi connectivity index (χ0n) is 14.5. The molecule has 1 aromatic rings. The Hall–Kier alpha value is -2.11. The number of aromatic nitrogens is 1. The molecule has 24 heavy (non-hydrogen) atoms. The van der Waals surface area contributed by atoms with Crippen molar-refractivity contribution in [2.24, 2.45) is 0 Å². The summed E-state index contributed by atoms with van der Waals surface area (Å²) in [5.41, 5.74) is 0.112. The zero-order chi connectivity index (χ0) is 17.3. The Labute approximate surface area is 142 Å². The number of nitrogens with one attached hydrogen (secondary N) is 1. The van der Waals surface area contributed by atoms with E-state index in [1.807, 2.05) is 26.8 Å². The standard InChI is InChI=1S/C18H25N3O3/c1-18(2,3)24-17(23)20-13-8-14-5-6-15(9-13)21(14)16-7-4-12(11-22)10-19-16/h4,7,10-11,13-15H,5-6,8-9H2,1-3H3,(H,20,23). The third-order valence-corrected chi connectivity index (χ3v) is 4.63. The maximum atomic E-state index is 12.0. The molecule has 6 heteroatoms. The molecule has 1 N–H and O–H groups in total. The SMILES string of the molecule is CC(C)(C)OC(=O)NC1CC2CCC(C1)N2c1ccc(C=O)cn1. The Bertz CT molecular complexity index is 595. The molecule has 1 amide bonds. The van der Waals surface area contributed by atoms with Gasteiger partial charge in [0.25, 0.3) is 0 Å². The van der Waals surface area contributed by atoms with Crippen molar-refractivity contribution in [3.8, 4) is 0 Å². The fraction of sp³-hybridized carbons (Fsp3) is 0.611. The van der Waals surface area contributed by atoms with Gasteiger partial charge < -0.3 is 15.0 Å². The Morgan fingerprint density at radius 3 is 2.46 bits per heavy atom. The van der Waals surface area contributed by atoms with Gasteiger partial charge in [0, 0.05) is 29.9 Å². The number of amides is 1. The topological polar surface area (TPSA) is 71.5 Å². The van der Waals surface area contributed by atoms with Crippen LogP contribution in [0.25, 0.3) is 0 Å². The number of piperidine rings is 1. The summed E-state index contributed by atoms with van der Waals surface area (Å²) in [6.07, 6.45) is 6.09. The second-order valence-electron chi connectivity index (χ2n) is 7.67. The Balaban J connectivity index is 1.63. The first-order valence-electron chi connectivity index (χ1n) is 8.55. The fourth-order valence-corrected chi connectivity index (χ4v) is 3.76. The molecule has 6 nitrogen and oxygen atoms in total. The molecule has 2 atom stereocenters. The van der Waals surface area contributed by atoms with E-state index in [1.54, 1.807) is 12.3 Å². The largest absolute Gasteiger partial charge is 0.444 e. The van der Waals surface area contributed by atoms with Crippen molar-refractivity contribution < 1.29 is 14.3 Å². The summed E-state index contributed by atoms with van der Waals surface area (Å²) in [6, 6.07) is 4.61. The van der Waals surface area contributed by atoms with Gasteiger partial charge in [-0.15, -0.1) is 0 Å². The minimum absolute atomic E-state index is 0.142. The first kappa shape index (κ1) is 16.7. The van der Waals surface area contributed by atoms with E-state index in [0.29, 0.717) is 17.6 Å². The molecule has 2 unspecified atom stereocenters. The monoisotopic (exact) mass is 331 g/mol. The summed E-state index contributed by atoms with van der Waals surface area (Å²) in [5, 5.41) is 3.01. The number of aldehydes is 1. The lowest BCUT2D eigenvalue weighted by Gasteiger charge is -2.40. The maximum Gasteiger partial charge on any atom is 0.407 e. The number of ether oxygens (including phenoxy) is 1. The minimum Gasteiger partial charge on any atom is -0.444 e. The van der Waals surface area contributed by atoms with E-state index in [-0.39, 0.29) is 12.1 Å². The predicted molar refractivity (Wildman–Crippen MR) is 91.3 cm³/mol. The van der Waals surface area contributed by atoms with Gasteiger partial charge in [0.05, 0.1) is 0 Å². The predicted octanol–water partition coefficient (Wildman–Crippen LogP) is 2.92. The van der Waals surface area contributed by atoms with E-state index in [4.69, 9.17) is 4.74 Å². The third-order valence-electron chi connectivity index (χ3n) is 4.63. The average molecular weight is 331 g/mol. The van der Waals surface area contributed by atoms with E-state index < -0.39 is 5.60 Å². The molecule has 3 rings (SSSR count). The quantitative estimate of drug-likeness (QED) is 0.862. The summed E-state index contributed by atoms with van der Waals surface area (Å²) in [7, 11) is 0. The number of hydrogen-bond acceptors (Lipinski definition) is 5. The van der Waals surface area contributed by atoms with Crippen LogP contribution in [0.1, 0.15) is 56.8 Å². The van der Waals surface area contributed by atoms with Crippen molar-refractivity contribution in [1.82, 2.24) is 10.3 Å². The molecule has 2 bridgehead atoms. The van der Waals surface area contributed by atoms with Gasteiger partial charge in [-0.25, -0.2) is 9.78 Å². The molecule has 3 heterocycles. The lowest BCUT2D eigenvalue weighted by atomic mass is 9.97. The number of carbonyl (C=O) groups excluding carboxylic acids is 2. The van der Waals surface area contributed by atoms with Crippen LogP contribution in [0.2, 0.25) is 0 Å². The van der Waals surface area contributed by atoms with Gasteiger partial charge in [-0.2, -0.15) is 0 Å². The molecular weight excluding hydrogens is 306 g/mol. The van der Waals surface area contributed by atoms with Crippen LogP contribution < -0.4 is 10.2 Å². The molecule has 130 valence electrons. The zero-order valence-corrected chi connectivity index (χ0v) is 14.5. The molecule has 0 aromatic carbocycles. The van der Waals surface area contributed by atoms with E-state index in [0.717, 1.165) is 37.8 Å². The number of anilines is 1. The highest BCUT2D eigenvalue weighted by atomic mass is 16.6. The van der Waals surface area contributed by atoms with E-state index in [1.165, 1.54) is 0 Å². The van der Waals surface area contributed by atoms with Crippen LogP contribution in [0.5, 0.6) is 0 Å². The summed E-state index contributed by atoms with van der Waals surface area (Å²) in [6.45, 7) is 5.61. The van der Waals surface area contributed by atoms with Gasteiger partial charge >= 0.3 is 6.09 Å². The van der Waals surface area contributed by atoms with Gasteiger partial charge in [-0.1, -0.05) is 0 Å².